The van der Waals surface area contributed by atoms with Gasteiger partial charge in [-0.05, 0) is 13.8 Å². The van der Waals surface area contributed by atoms with Crippen molar-refractivity contribution in [1.82, 2.24) is 10.6 Å². The van der Waals surface area contributed by atoms with Crippen molar-refractivity contribution < 1.29 is 14.2 Å². The molecule has 21 heavy (non-hydrogen) atoms. The van der Waals surface area contributed by atoms with Gasteiger partial charge < -0.3 is 24.8 Å². The molecule has 118 valence electrons. The lowest BCUT2D eigenvalue weighted by molar-refractivity contribution is 0.368. The number of ether oxygens (including phenoxy) is 3. The van der Waals surface area contributed by atoms with E-state index in [4.69, 9.17) is 14.2 Å². The molecule has 2 N–H and O–H groups in total. The van der Waals surface area contributed by atoms with Crippen molar-refractivity contribution in [1.29, 1.82) is 0 Å². The maximum Gasteiger partial charge on any atom is 0.191 e. The minimum Gasteiger partial charge on any atom is -0.496 e. The van der Waals surface area contributed by atoms with Crippen LogP contribution in [0.5, 0.6) is 17.2 Å². The second-order valence-electron chi connectivity index (χ2n) is 4.74. The van der Waals surface area contributed by atoms with Crippen LogP contribution in [-0.2, 0) is 6.54 Å². The first-order valence-corrected chi connectivity index (χ1v) is 6.81. The van der Waals surface area contributed by atoms with Crippen LogP contribution >= 0.6 is 0 Å². The minimum absolute atomic E-state index is 0.302. The van der Waals surface area contributed by atoms with Gasteiger partial charge in [-0.2, -0.15) is 0 Å². The molecule has 0 amide bonds. The fourth-order valence-corrected chi connectivity index (χ4v) is 1.89. The summed E-state index contributed by atoms with van der Waals surface area (Å²) in [5.74, 6) is 2.83. The Balaban J connectivity index is 2.96. The molecule has 6 nitrogen and oxygen atoms in total. The highest BCUT2D eigenvalue weighted by molar-refractivity contribution is 5.80. The van der Waals surface area contributed by atoms with Gasteiger partial charge in [0.25, 0.3) is 0 Å². The van der Waals surface area contributed by atoms with Crippen molar-refractivity contribution in [3.05, 3.63) is 17.7 Å². The van der Waals surface area contributed by atoms with Crippen molar-refractivity contribution in [3.63, 3.8) is 0 Å². The third kappa shape index (κ3) is 4.73. The number of methoxy groups -OCH3 is 3. The number of benzene rings is 1. The van der Waals surface area contributed by atoms with Crippen LogP contribution in [0, 0.1) is 0 Å². The average molecular weight is 295 g/mol. The number of aliphatic imine (C=N–C) groups is 1. The maximum absolute atomic E-state index is 5.42. The Kier molecular flexibility index (Phi) is 6.65. The predicted octanol–water partition coefficient (Wildman–Crippen LogP) is 1.79. The molecular formula is C15H25N3O3. The van der Waals surface area contributed by atoms with Gasteiger partial charge in [0.15, 0.2) is 5.96 Å². The number of nitrogens with zero attached hydrogens (tertiary/aromatic N) is 1. The van der Waals surface area contributed by atoms with E-state index in [0.717, 1.165) is 11.5 Å². The molecule has 0 bridgehead atoms. The lowest BCUT2D eigenvalue weighted by Crippen LogP contribution is -2.40. The Bertz CT molecular complexity index is 462. The Morgan fingerprint density at radius 3 is 2.05 bits per heavy atom. The molecule has 0 radical (unpaired) electrons. The van der Waals surface area contributed by atoms with Gasteiger partial charge in [0, 0.05) is 25.2 Å². The maximum atomic E-state index is 5.42. The Labute approximate surface area is 126 Å². The molecule has 0 aliphatic heterocycles. The standard InChI is InChI=1S/C15H25N3O3/c1-10(2)18-15(16-3)17-9-12-13(20-5)7-11(19-4)8-14(12)21-6/h7-8,10H,9H2,1-6H3,(H2,16,17,18). The van der Waals surface area contributed by atoms with Gasteiger partial charge in [0.2, 0.25) is 0 Å². The van der Waals surface area contributed by atoms with Crippen molar-refractivity contribution in [2.24, 2.45) is 4.99 Å². The molecular weight excluding hydrogens is 270 g/mol. The van der Waals surface area contributed by atoms with Crippen LogP contribution in [0.1, 0.15) is 19.4 Å². The summed E-state index contributed by atoms with van der Waals surface area (Å²) in [4.78, 5) is 4.18. The summed E-state index contributed by atoms with van der Waals surface area (Å²) in [5.41, 5.74) is 0.910. The molecule has 1 aromatic carbocycles. The van der Waals surface area contributed by atoms with E-state index in [1.807, 2.05) is 12.1 Å². The molecule has 0 spiro atoms. The van der Waals surface area contributed by atoms with E-state index in [9.17, 15) is 0 Å². The van der Waals surface area contributed by atoms with E-state index in [-0.39, 0.29) is 0 Å². The fraction of sp³-hybridized carbons (Fsp3) is 0.533. The van der Waals surface area contributed by atoms with Gasteiger partial charge in [-0.1, -0.05) is 0 Å². The van der Waals surface area contributed by atoms with Crippen molar-refractivity contribution in [3.8, 4) is 17.2 Å². The van der Waals surface area contributed by atoms with Crippen LogP contribution in [-0.4, -0.2) is 40.4 Å². The zero-order chi connectivity index (χ0) is 15.8. The molecule has 6 heteroatoms. The highest BCUT2D eigenvalue weighted by atomic mass is 16.5. The molecule has 0 fully saturated rings. The van der Waals surface area contributed by atoms with Crippen LogP contribution in [0.25, 0.3) is 0 Å². The third-order valence-electron chi connectivity index (χ3n) is 2.90. The molecule has 0 aliphatic rings. The van der Waals surface area contributed by atoms with Crippen molar-refractivity contribution in [2.75, 3.05) is 28.4 Å². The second-order valence-corrected chi connectivity index (χ2v) is 4.74. The largest absolute Gasteiger partial charge is 0.496 e. The predicted molar refractivity (Wildman–Crippen MR) is 84.6 cm³/mol. The molecule has 1 rings (SSSR count). The van der Waals surface area contributed by atoms with Crippen LogP contribution < -0.4 is 24.8 Å². The van der Waals surface area contributed by atoms with E-state index in [2.05, 4.69) is 29.5 Å². The molecule has 0 atom stereocenters. The third-order valence-corrected chi connectivity index (χ3v) is 2.90. The van der Waals surface area contributed by atoms with Crippen molar-refractivity contribution >= 4 is 5.96 Å². The molecule has 0 saturated heterocycles. The normalized spacial score (nSPS) is 11.3. The summed E-state index contributed by atoms with van der Waals surface area (Å²) in [6.45, 7) is 4.64. The molecule has 0 aromatic heterocycles. The highest BCUT2D eigenvalue weighted by Crippen LogP contribution is 2.33. The number of guanidine groups is 1. The smallest absolute Gasteiger partial charge is 0.191 e. The van der Waals surface area contributed by atoms with Crippen LogP contribution in [0.3, 0.4) is 0 Å². The number of hydrogen-bond acceptors (Lipinski definition) is 4. The van der Waals surface area contributed by atoms with Gasteiger partial charge >= 0.3 is 0 Å². The van der Waals surface area contributed by atoms with Gasteiger partial charge in [-0.15, -0.1) is 0 Å². The zero-order valence-electron chi connectivity index (χ0n) is 13.6. The van der Waals surface area contributed by atoms with Crippen LogP contribution in [0.4, 0.5) is 0 Å². The summed E-state index contributed by atoms with van der Waals surface area (Å²) in [7, 11) is 6.60. The Hall–Kier alpha value is -2.11. The van der Waals surface area contributed by atoms with E-state index in [0.29, 0.717) is 29.8 Å². The first-order valence-electron chi connectivity index (χ1n) is 6.81. The Morgan fingerprint density at radius 1 is 1.10 bits per heavy atom. The number of nitrogens with one attached hydrogen (secondary N) is 2. The quantitative estimate of drug-likeness (QED) is 0.619. The summed E-state index contributed by atoms with van der Waals surface area (Å²) in [6, 6.07) is 3.96. The number of hydrogen-bond donors (Lipinski definition) is 2. The first-order chi connectivity index (χ1) is 10.0. The molecule has 0 heterocycles. The number of rotatable bonds is 6. The first kappa shape index (κ1) is 16.9. The SMILES string of the molecule is CN=C(NCc1c(OC)cc(OC)cc1OC)NC(C)C. The van der Waals surface area contributed by atoms with Gasteiger partial charge in [-0.3, -0.25) is 4.99 Å². The van der Waals surface area contributed by atoms with E-state index in [1.165, 1.54) is 0 Å². The molecule has 0 saturated carbocycles. The van der Waals surface area contributed by atoms with Crippen molar-refractivity contribution in [2.45, 2.75) is 26.4 Å². The van der Waals surface area contributed by atoms with E-state index < -0.39 is 0 Å². The highest BCUT2D eigenvalue weighted by Gasteiger charge is 2.13. The summed E-state index contributed by atoms with van der Waals surface area (Å²) >= 11 is 0. The van der Waals surface area contributed by atoms with Crippen LogP contribution in [0.15, 0.2) is 17.1 Å². The Morgan fingerprint density at radius 2 is 1.67 bits per heavy atom. The van der Waals surface area contributed by atoms with Gasteiger partial charge in [0.1, 0.15) is 17.2 Å². The summed E-state index contributed by atoms with van der Waals surface area (Å²) < 4.78 is 16.1. The topological polar surface area (TPSA) is 64.1 Å². The second kappa shape index (κ2) is 8.24. The van der Waals surface area contributed by atoms with Gasteiger partial charge in [0.05, 0.1) is 33.4 Å². The minimum atomic E-state index is 0.302. The van der Waals surface area contributed by atoms with E-state index in [1.54, 1.807) is 28.4 Å². The lowest BCUT2D eigenvalue weighted by Gasteiger charge is -2.18. The molecule has 1 aromatic rings. The lowest BCUT2D eigenvalue weighted by atomic mass is 10.1. The fourth-order valence-electron chi connectivity index (χ4n) is 1.89. The summed E-state index contributed by atoms with van der Waals surface area (Å²) in [5, 5.41) is 6.47. The average Bonchev–Trinajstić information content (AvgIpc) is 2.49. The zero-order valence-corrected chi connectivity index (χ0v) is 13.6. The van der Waals surface area contributed by atoms with Gasteiger partial charge in [-0.25, -0.2) is 0 Å². The van der Waals surface area contributed by atoms with E-state index >= 15 is 0 Å². The molecule has 0 aliphatic carbocycles. The summed E-state index contributed by atoms with van der Waals surface area (Å²) in [6.07, 6.45) is 0. The molecule has 0 unspecified atom stereocenters. The van der Waals surface area contributed by atoms with Crippen LogP contribution in [0.2, 0.25) is 0 Å². The monoisotopic (exact) mass is 295 g/mol.